The van der Waals surface area contributed by atoms with Crippen LogP contribution < -0.4 is 9.64 Å². The largest absolute Gasteiger partial charge is 0.494 e. The molecule has 0 saturated carbocycles. The molecule has 1 amide bonds. The van der Waals surface area contributed by atoms with E-state index in [0.717, 1.165) is 28.3 Å². The average molecular weight is 424 g/mol. The molecule has 0 bridgehead atoms. The molecule has 1 aliphatic heterocycles. The lowest BCUT2D eigenvalue weighted by Crippen LogP contribution is -2.43. The first-order valence-electron chi connectivity index (χ1n) is 10.4. The van der Waals surface area contributed by atoms with Gasteiger partial charge in [-0.2, -0.15) is 0 Å². The maximum Gasteiger partial charge on any atom is 0.232 e. The zero-order chi connectivity index (χ0) is 21.5. The predicted octanol–water partition coefficient (Wildman–Crippen LogP) is 5.90. The summed E-state index contributed by atoms with van der Waals surface area (Å²) in [5, 5.41) is 0.612. The van der Waals surface area contributed by atoms with E-state index in [1.165, 1.54) is 0 Å². The van der Waals surface area contributed by atoms with Crippen molar-refractivity contribution in [3.8, 4) is 5.75 Å². The van der Waals surface area contributed by atoms with Crippen LogP contribution in [-0.2, 0) is 9.59 Å². The van der Waals surface area contributed by atoms with Crippen molar-refractivity contribution >= 4 is 29.0 Å². The molecule has 156 valence electrons. The molecule has 0 saturated heterocycles. The molecule has 0 aromatic heterocycles. The van der Waals surface area contributed by atoms with Crippen molar-refractivity contribution in [2.24, 2.45) is 5.41 Å². The molecule has 5 heteroatoms. The first kappa shape index (κ1) is 20.7. The Morgan fingerprint density at radius 3 is 2.47 bits per heavy atom. The molecule has 1 atom stereocenters. The van der Waals surface area contributed by atoms with Gasteiger partial charge in [-0.3, -0.25) is 14.5 Å². The number of carbonyl (C=O) groups excluding carboxylic acids is 2. The highest BCUT2D eigenvalue weighted by Crippen LogP contribution is 2.49. The standard InChI is InChI=1S/C25H26ClNO3/c1-4-30-22-8-6-5-7-18(22)19-13-23(29)27(17-11-9-16(26)10-12-17)20-14-25(2,3)15-21(28)24(19)20/h5-12,19H,4,13-15H2,1-3H3. The molecule has 0 N–H and O–H groups in total. The Labute approximate surface area is 182 Å². The molecule has 0 spiro atoms. The van der Waals surface area contributed by atoms with Crippen molar-refractivity contribution < 1.29 is 14.3 Å². The molecule has 2 aromatic rings. The summed E-state index contributed by atoms with van der Waals surface area (Å²) in [5.74, 6) is 0.548. The number of anilines is 1. The Morgan fingerprint density at radius 1 is 1.07 bits per heavy atom. The number of ketones is 1. The van der Waals surface area contributed by atoms with E-state index in [4.69, 9.17) is 16.3 Å². The maximum absolute atomic E-state index is 13.4. The van der Waals surface area contributed by atoms with E-state index >= 15 is 0 Å². The topological polar surface area (TPSA) is 46.6 Å². The first-order valence-corrected chi connectivity index (χ1v) is 10.7. The number of nitrogens with zero attached hydrogens (tertiary/aromatic N) is 1. The minimum atomic E-state index is -0.289. The average Bonchev–Trinajstić information content (AvgIpc) is 2.68. The third-order valence-electron chi connectivity index (χ3n) is 5.82. The normalized spacial score (nSPS) is 20.9. The Hall–Kier alpha value is -2.59. The molecule has 1 heterocycles. The lowest BCUT2D eigenvalue weighted by molar-refractivity contribution is -0.121. The third kappa shape index (κ3) is 3.77. The number of benzene rings is 2. The second kappa shape index (κ2) is 7.92. The molecule has 4 rings (SSSR count). The van der Waals surface area contributed by atoms with Gasteiger partial charge in [-0.15, -0.1) is 0 Å². The van der Waals surface area contributed by atoms with Crippen LogP contribution in [0, 0.1) is 5.41 Å². The Balaban J connectivity index is 1.89. The third-order valence-corrected chi connectivity index (χ3v) is 6.07. The summed E-state index contributed by atoms with van der Waals surface area (Å²) in [4.78, 5) is 28.5. The SMILES string of the molecule is CCOc1ccccc1C1CC(=O)N(c2ccc(Cl)cc2)C2=C1C(=O)CC(C)(C)C2. The van der Waals surface area contributed by atoms with Gasteiger partial charge in [0.1, 0.15) is 5.75 Å². The number of para-hydroxylation sites is 1. The fourth-order valence-electron chi connectivity index (χ4n) is 4.63. The number of hydrogen-bond donors (Lipinski definition) is 0. The highest BCUT2D eigenvalue weighted by molar-refractivity contribution is 6.30. The quantitative estimate of drug-likeness (QED) is 0.614. The fraction of sp³-hybridized carbons (Fsp3) is 0.360. The number of allylic oxidation sites excluding steroid dienone is 2. The Morgan fingerprint density at radius 2 is 1.77 bits per heavy atom. The van der Waals surface area contributed by atoms with Gasteiger partial charge in [-0.25, -0.2) is 0 Å². The molecule has 1 unspecified atom stereocenters. The van der Waals surface area contributed by atoms with Crippen LogP contribution >= 0.6 is 11.6 Å². The number of Topliss-reactive ketones (excluding diaryl/α,β-unsaturated/α-hetero) is 1. The van der Waals surface area contributed by atoms with Crippen molar-refractivity contribution in [2.45, 2.75) is 46.0 Å². The first-order chi connectivity index (χ1) is 14.3. The Bertz CT molecular complexity index is 1020. The van der Waals surface area contributed by atoms with Crippen molar-refractivity contribution in [2.75, 3.05) is 11.5 Å². The van der Waals surface area contributed by atoms with Gasteiger partial charge in [0, 0.05) is 46.3 Å². The van der Waals surface area contributed by atoms with Crippen LogP contribution in [0.5, 0.6) is 5.75 Å². The van der Waals surface area contributed by atoms with E-state index < -0.39 is 0 Å². The molecular weight excluding hydrogens is 398 g/mol. The van der Waals surface area contributed by atoms with Gasteiger partial charge >= 0.3 is 0 Å². The monoisotopic (exact) mass is 423 g/mol. The second-order valence-corrected chi connectivity index (χ2v) is 9.17. The van der Waals surface area contributed by atoms with Crippen molar-refractivity contribution in [3.63, 3.8) is 0 Å². The molecule has 30 heavy (non-hydrogen) atoms. The van der Waals surface area contributed by atoms with Crippen molar-refractivity contribution in [1.82, 2.24) is 0 Å². The number of hydrogen-bond acceptors (Lipinski definition) is 3. The minimum Gasteiger partial charge on any atom is -0.494 e. The molecule has 2 aromatic carbocycles. The van der Waals surface area contributed by atoms with Crippen LogP contribution in [0.1, 0.15) is 51.5 Å². The number of rotatable bonds is 4. The van der Waals surface area contributed by atoms with Gasteiger partial charge < -0.3 is 4.74 Å². The van der Waals surface area contributed by atoms with Gasteiger partial charge in [0.15, 0.2) is 5.78 Å². The summed E-state index contributed by atoms with van der Waals surface area (Å²) in [5.41, 5.74) is 3.01. The summed E-state index contributed by atoms with van der Waals surface area (Å²) in [6, 6.07) is 15.0. The van der Waals surface area contributed by atoms with E-state index in [9.17, 15) is 9.59 Å². The molecular formula is C25H26ClNO3. The smallest absolute Gasteiger partial charge is 0.232 e. The minimum absolute atomic E-state index is 0.0159. The molecule has 2 aliphatic rings. The summed E-state index contributed by atoms with van der Waals surface area (Å²) < 4.78 is 5.83. The van der Waals surface area contributed by atoms with Crippen LogP contribution in [0.2, 0.25) is 5.02 Å². The van der Waals surface area contributed by atoms with Gasteiger partial charge in [-0.1, -0.05) is 43.6 Å². The summed E-state index contributed by atoms with van der Waals surface area (Å²) in [6.45, 7) is 6.62. The van der Waals surface area contributed by atoms with Gasteiger partial charge in [0.2, 0.25) is 5.91 Å². The van der Waals surface area contributed by atoms with E-state index in [2.05, 4.69) is 13.8 Å². The van der Waals surface area contributed by atoms with Gasteiger partial charge in [0.25, 0.3) is 0 Å². The van der Waals surface area contributed by atoms with Crippen LogP contribution in [0.15, 0.2) is 59.8 Å². The summed E-state index contributed by atoms with van der Waals surface area (Å²) >= 11 is 6.06. The van der Waals surface area contributed by atoms with Crippen molar-refractivity contribution in [3.05, 3.63) is 70.4 Å². The van der Waals surface area contributed by atoms with E-state index in [1.807, 2.05) is 43.3 Å². The summed E-state index contributed by atoms with van der Waals surface area (Å²) in [6.07, 6.45) is 1.37. The van der Waals surface area contributed by atoms with E-state index in [1.54, 1.807) is 17.0 Å². The molecule has 4 nitrogen and oxygen atoms in total. The predicted molar refractivity (Wildman–Crippen MR) is 119 cm³/mol. The molecule has 0 fully saturated rings. The van der Waals surface area contributed by atoms with E-state index in [0.29, 0.717) is 24.5 Å². The Kier molecular flexibility index (Phi) is 5.46. The fourth-order valence-corrected chi connectivity index (χ4v) is 4.75. The van der Waals surface area contributed by atoms with Crippen LogP contribution in [0.4, 0.5) is 5.69 Å². The molecule has 0 radical (unpaired) electrons. The number of ether oxygens (including phenoxy) is 1. The van der Waals surface area contributed by atoms with Gasteiger partial charge in [-0.05, 0) is 49.1 Å². The highest BCUT2D eigenvalue weighted by atomic mass is 35.5. The van der Waals surface area contributed by atoms with Crippen LogP contribution in [0.25, 0.3) is 0 Å². The van der Waals surface area contributed by atoms with Gasteiger partial charge in [0.05, 0.1) is 6.61 Å². The highest BCUT2D eigenvalue weighted by Gasteiger charge is 2.44. The zero-order valence-corrected chi connectivity index (χ0v) is 18.3. The maximum atomic E-state index is 13.4. The second-order valence-electron chi connectivity index (χ2n) is 8.73. The number of amides is 1. The van der Waals surface area contributed by atoms with Crippen LogP contribution in [-0.4, -0.2) is 18.3 Å². The van der Waals surface area contributed by atoms with Crippen molar-refractivity contribution in [1.29, 1.82) is 0 Å². The lowest BCUT2D eigenvalue weighted by Gasteiger charge is -2.43. The summed E-state index contributed by atoms with van der Waals surface area (Å²) in [7, 11) is 0. The molecule has 1 aliphatic carbocycles. The lowest BCUT2D eigenvalue weighted by atomic mass is 9.69. The number of carbonyl (C=O) groups is 2. The van der Waals surface area contributed by atoms with Crippen LogP contribution in [0.3, 0.4) is 0 Å². The van der Waals surface area contributed by atoms with E-state index in [-0.39, 0.29) is 29.4 Å². The number of halogens is 1. The zero-order valence-electron chi connectivity index (χ0n) is 17.6.